The second-order valence-corrected chi connectivity index (χ2v) is 8.74. The van der Waals surface area contributed by atoms with Crippen LogP contribution in [0.1, 0.15) is 42.9 Å². The van der Waals surface area contributed by atoms with Crippen molar-refractivity contribution in [2.75, 3.05) is 11.4 Å². The number of aryl methyl sites for hydroxylation is 1. The summed E-state index contributed by atoms with van der Waals surface area (Å²) in [5.41, 5.74) is 4.87. The predicted octanol–water partition coefficient (Wildman–Crippen LogP) is 3.89. The third kappa shape index (κ3) is 2.38. The Kier molecular flexibility index (Phi) is 3.41. The van der Waals surface area contributed by atoms with Gasteiger partial charge >= 0.3 is 0 Å². The number of rotatable bonds is 0. The minimum Gasteiger partial charge on any atom is -0.382 e. The van der Waals surface area contributed by atoms with Gasteiger partial charge in [-0.2, -0.15) is 5.10 Å². The van der Waals surface area contributed by atoms with Gasteiger partial charge in [0.2, 0.25) is 0 Å². The SMILES string of the molecule is C=C1N[C@H](C)CCc2ccc(F)cc2[C@@]23C[C@@H]2CCN3c2ccn3ncc1c3n2. The molecule has 3 aromatic rings. The van der Waals surface area contributed by atoms with Gasteiger partial charge in [0.1, 0.15) is 11.6 Å². The van der Waals surface area contributed by atoms with Crippen molar-refractivity contribution < 1.29 is 4.39 Å². The lowest BCUT2D eigenvalue weighted by Crippen LogP contribution is -2.34. The molecule has 2 fully saturated rings. The highest BCUT2D eigenvalue weighted by molar-refractivity contribution is 5.74. The number of halogens is 1. The smallest absolute Gasteiger partial charge is 0.166 e. The van der Waals surface area contributed by atoms with Gasteiger partial charge in [0, 0.05) is 24.5 Å². The van der Waals surface area contributed by atoms with E-state index >= 15 is 0 Å². The van der Waals surface area contributed by atoms with Crippen LogP contribution in [0.2, 0.25) is 0 Å². The summed E-state index contributed by atoms with van der Waals surface area (Å²) in [6.07, 6.45) is 7.86. The molecule has 2 bridgehead atoms. The maximum atomic E-state index is 14.3. The number of nitrogens with zero attached hydrogens (tertiary/aromatic N) is 4. The van der Waals surface area contributed by atoms with Crippen LogP contribution in [0.15, 0.2) is 43.2 Å². The van der Waals surface area contributed by atoms with Crippen LogP contribution < -0.4 is 10.2 Å². The van der Waals surface area contributed by atoms with E-state index in [0.717, 1.165) is 60.5 Å². The zero-order valence-electron chi connectivity index (χ0n) is 16.5. The minimum absolute atomic E-state index is 0.120. The fraction of sp³-hybridized carbons (Fsp3) is 0.391. The first-order valence-corrected chi connectivity index (χ1v) is 10.4. The van der Waals surface area contributed by atoms with Crippen molar-refractivity contribution >= 4 is 17.2 Å². The number of aromatic nitrogens is 3. The monoisotopic (exact) mass is 389 g/mol. The summed E-state index contributed by atoms with van der Waals surface area (Å²) in [6.45, 7) is 7.36. The highest BCUT2D eigenvalue weighted by Gasteiger charge is 2.64. The highest BCUT2D eigenvalue weighted by Crippen LogP contribution is 2.64. The first-order valence-electron chi connectivity index (χ1n) is 10.4. The van der Waals surface area contributed by atoms with E-state index in [4.69, 9.17) is 4.98 Å². The van der Waals surface area contributed by atoms with Gasteiger partial charge in [0.15, 0.2) is 5.65 Å². The number of fused-ring (bicyclic) bond motifs is 3. The molecule has 29 heavy (non-hydrogen) atoms. The molecule has 1 aliphatic carbocycles. The predicted molar refractivity (Wildman–Crippen MR) is 111 cm³/mol. The van der Waals surface area contributed by atoms with E-state index in [0.29, 0.717) is 5.92 Å². The van der Waals surface area contributed by atoms with Gasteiger partial charge < -0.3 is 10.2 Å². The van der Waals surface area contributed by atoms with Crippen molar-refractivity contribution in [3.8, 4) is 0 Å². The van der Waals surface area contributed by atoms with Crippen molar-refractivity contribution in [2.24, 2.45) is 5.92 Å². The normalized spacial score (nSPS) is 28.1. The van der Waals surface area contributed by atoms with Crippen molar-refractivity contribution in [3.63, 3.8) is 0 Å². The number of hydrogen-bond acceptors (Lipinski definition) is 4. The lowest BCUT2D eigenvalue weighted by Gasteiger charge is -2.31. The molecule has 1 saturated heterocycles. The fourth-order valence-electron chi connectivity index (χ4n) is 5.48. The summed E-state index contributed by atoms with van der Waals surface area (Å²) >= 11 is 0. The van der Waals surface area contributed by atoms with E-state index < -0.39 is 0 Å². The second-order valence-electron chi connectivity index (χ2n) is 8.74. The van der Waals surface area contributed by atoms with Gasteiger partial charge in [-0.05, 0) is 67.9 Å². The average Bonchev–Trinajstić information content (AvgIpc) is 3.09. The Morgan fingerprint density at radius 3 is 3.03 bits per heavy atom. The summed E-state index contributed by atoms with van der Waals surface area (Å²) in [5, 5.41) is 7.96. The molecule has 6 rings (SSSR count). The number of nitrogens with one attached hydrogen (secondary N) is 1. The van der Waals surface area contributed by atoms with E-state index in [1.165, 1.54) is 5.56 Å². The Morgan fingerprint density at radius 2 is 2.17 bits per heavy atom. The maximum Gasteiger partial charge on any atom is 0.166 e. The van der Waals surface area contributed by atoms with Gasteiger partial charge in [-0.15, -0.1) is 0 Å². The first kappa shape index (κ1) is 17.0. The molecule has 3 aliphatic rings. The van der Waals surface area contributed by atoms with E-state index in [9.17, 15) is 4.39 Å². The molecule has 4 heterocycles. The van der Waals surface area contributed by atoms with Crippen molar-refractivity contribution in [1.29, 1.82) is 0 Å². The maximum absolute atomic E-state index is 14.3. The molecule has 6 heteroatoms. The minimum atomic E-state index is -0.152. The molecule has 0 radical (unpaired) electrons. The molecular weight excluding hydrogens is 365 g/mol. The Labute approximate surface area is 169 Å². The van der Waals surface area contributed by atoms with E-state index in [1.54, 1.807) is 16.6 Å². The van der Waals surface area contributed by atoms with Crippen LogP contribution in [0.5, 0.6) is 0 Å². The molecular formula is C23H24FN5. The molecule has 5 nitrogen and oxygen atoms in total. The number of piperidine rings is 1. The van der Waals surface area contributed by atoms with Crippen LogP contribution in [-0.4, -0.2) is 27.2 Å². The van der Waals surface area contributed by atoms with Crippen LogP contribution in [0.3, 0.4) is 0 Å². The molecule has 1 N–H and O–H groups in total. The van der Waals surface area contributed by atoms with Crippen LogP contribution in [0, 0.1) is 11.7 Å². The molecule has 0 amide bonds. The lowest BCUT2D eigenvalue weighted by atomic mass is 9.92. The van der Waals surface area contributed by atoms with E-state index in [1.807, 2.05) is 24.5 Å². The molecule has 1 aromatic carbocycles. The van der Waals surface area contributed by atoms with Crippen molar-refractivity contribution in [2.45, 2.75) is 44.2 Å². The molecule has 3 atom stereocenters. The van der Waals surface area contributed by atoms with Crippen LogP contribution in [0.25, 0.3) is 11.3 Å². The zero-order chi connectivity index (χ0) is 19.8. The van der Waals surface area contributed by atoms with Gasteiger partial charge in [-0.3, -0.25) is 0 Å². The molecule has 1 saturated carbocycles. The molecule has 2 aliphatic heterocycles. The fourth-order valence-corrected chi connectivity index (χ4v) is 5.48. The number of hydrogen-bond donors (Lipinski definition) is 1. The van der Waals surface area contributed by atoms with Gasteiger partial charge in [0.05, 0.1) is 17.3 Å². The Bertz CT molecular complexity index is 1150. The summed E-state index contributed by atoms with van der Waals surface area (Å²) in [6, 6.07) is 7.63. The third-order valence-corrected chi connectivity index (χ3v) is 7.02. The summed E-state index contributed by atoms with van der Waals surface area (Å²) < 4.78 is 16.1. The van der Waals surface area contributed by atoms with Crippen LogP contribution in [0.4, 0.5) is 10.2 Å². The summed E-state index contributed by atoms with van der Waals surface area (Å²) in [4.78, 5) is 7.40. The van der Waals surface area contributed by atoms with Gasteiger partial charge in [0.25, 0.3) is 0 Å². The largest absolute Gasteiger partial charge is 0.382 e. The van der Waals surface area contributed by atoms with Gasteiger partial charge in [-0.25, -0.2) is 13.9 Å². The third-order valence-electron chi connectivity index (χ3n) is 7.02. The zero-order valence-corrected chi connectivity index (χ0v) is 16.5. The number of anilines is 1. The lowest BCUT2D eigenvalue weighted by molar-refractivity contribution is 0.579. The summed E-state index contributed by atoms with van der Waals surface area (Å²) in [5.74, 6) is 1.36. The van der Waals surface area contributed by atoms with E-state index in [-0.39, 0.29) is 17.4 Å². The van der Waals surface area contributed by atoms with Crippen LogP contribution >= 0.6 is 0 Å². The Hall–Kier alpha value is -2.89. The molecule has 148 valence electrons. The highest BCUT2D eigenvalue weighted by atomic mass is 19.1. The van der Waals surface area contributed by atoms with Gasteiger partial charge in [-0.1, -0.05) is 12.6 Å². The summed E-state index contributed by atoms with van der Waals surface area (Å²) in [7, 11) is 0. The molecule has 0 unspecified atom stereocenters. The first-order chi connectivity index (χ1) is 14.1. The standard InChI is InChI=1S/C23H24FN5/c1-14-3-4-16-5-6-18(24)11-20(16)23-12-17(23)7-9-28(23)21-8-10-29-22(27-21)19(13-25-29)15(2)26-14/h5-6,8,10-11,13-14,17,26H,2-4,7,9,12H2,1H3/t14-,17+,23-/m1/s1. The molecule has 1 spiro atoms. The van der Waals surface area contributed by atoms with Crippen LogP contribution in [-0.2, 0) is 12.0 Å². The topological polar surface area (TPSA) is 45.5 Å². The van der Waals surface area contributed by atoms with E-state index in [2.05, 4.69) is 28.8 Å². The van der Waals surface area contributed by atoms with Crippen molar-refractivity contribution in [3.05, 3.63) is 65.7 Å². The van der Waals surface area contributed by atoms with Crippen molar-refractivity contribution in [1.82, 2.24) is 19.9 Å². The Morgan fingerprint density at radius 1 is 1.28 bits per heavy atom. The quantitative estimate of drug-likeness (QED) is 0.634. The average molecular weight is 389 g/mol. The number of benzene rings is 1. The molecule has 2 aromatic heterocycles. The second kappa shape index (κ2) is 5.81. The Balaban J connectivity index is 1.57.